The Morgan fingerprint density at radius 3 is 2.50 bits per heavy atom. The minimum atomic E-state index is -0.157. The Morgan fingerprint density at radius 2 is 1.88 bits per heavy atom. The molecule has 0 atom stereocenters. The lowest BCUT2D eigenvalue weighted by Crippen LogP contribution is -2.32. The number of hydrogen-bond acceptors (Lipinski definition) is 5. The number of aliphatic hydroxyl groups excluding tert-OH is 1. The fourth-order valence-corrected chi connectivity index (χ4v) is 3.32. The number of benzene rings is 1. The molecule has 1 fully saturated rings. The van der Waals surface area contributed by atoms with E-state index in [9.17, 15) is 4.79 Å². The van der Waals surface area contributed by atoms with E-state index in [1.165, 1.54) is 5.56 Å². The van der Waals surface area contributed by atoms with Crippen molar-refractivity contribution in [3.8, 4) is 0 Å². The summed E-state index contributed by atoms with van der Waals surface area (Å²) in [5.41, 5.74) is 2.82. The van der Waals surface area contributed by atoms with E-state index in [1.54, 1.807) is 6.07 Å². The minimum absolute atomic E-state index is 0.0542. The van der Waals surface area contributed by atoms with Gasteiger partial charge in [0, 0.05) is 24.6 Å². The molecular weight excluding hydrogens is 352 g/mol. The molecule has 2 N–H and O–H groups in total. The van der Waals surface area contributed by atoms with E-state index in [-0.39, 0.29) is 19.1 Å². The second-order valence-corrected chi connectivity index (χ2v) is 6.90. The zero-order chi connectivity index (χ0) is 18.4. The Balaban J connectivity index is 1.50. The first-order chi connectivity index (χ1) is 12.7. The van der Waals surface area contributed by atoms with Crippen molar-refractivity contribution < 1.29 is 9.90 Å². The highest BCUT2D eigenvalue weighted by Gasteiger charge is 2.22. The van der Waals surface area contributed by atoms with Crippen molar-refractivity contribution in [2.24, 2.45) is 0 Å². The zero-order valence-electron chi connectivity index (χ0n) is 14.6. The van der Waals surface area contributed by atoms with Crippen molar-refractivity contribution >= 4 is 17.5 Å². The van der Waals surface area contributed by atoms with Crippen LogP contribution in [0.25, 0.3) is 0 Å². The van der Waals surface area contributed by atoms with Crippen LogP contribution in [-0.4, -0.2) is 52.4 Å². The van der Waals surface area contributed by atoms with E-state index in [0.29, 0.717) is 16.6 Å². The highest BCUT2D eigenvalue weighted by Crippen LogP contribution is 2.27. The third-order valence-corrected chi connectivity index (χ3v) is 4.88. The van der Waals surface area contributed by atoms with Gasteiger partial charge in [0.25, 0.3) is 5.91 Å². The topological polar surface area (TPSA) is 78.4 Å². The van der Waals surface area contributed by atoms with Crippen LogP contribution in [0, 0.1) is 0 Å². The SMILES string of the molecule is O=C(NCCO)c1ccc(CN2CCC(c3ccc(Cl)nn3)CC2)cc1. The van der Waals surface area contributed by atoms with E-state index in [1.807, 2.05) is 30.3 Å². The molecule has 1 amide bonds. The second-order valence-electron chi connectivity index (χ2n) is 6.51. The normalized spacial score (nSPS) is 15.8. The average molecular weight is 375 g/mol. The summed E-state index contributed by atoms with van der Waals surface area (Å²) in [7, 11) is 0. The molecule has 1 aromatic carbocycles. The van der Waals surface area contributed by atoms with Gasteiger partial charge in [-0.15, -0.1) is 5.10 Å². The van der Waals surface area contributed by atoms with Gasteiger partial charge in [-0.1, -0.05) is 23.7 Å². The van der Waals surface area contributed by atoms with Crippen molar-refractivity contribution in [1.29, 1.82) is 0 Å². The predicted octanol–water partition coefficient (Wildman–Crippen LogP) is 2.23. The molecule has 0 spiro atoms. The number of halogens is 1. The van der Waals surface area contributed by atoms with Gasteiger partial charge in [-0.2, -0.15) is 5.10 Å². The standard InChI is InChI=1S/C19H23ClN4O2/c20-18-6-5-17(22-23-18)15-7-10-24(11-8-15)13-14-1-3-16(4-2-14)19(26)21-9-12-25/h1-6,15,25H,7-13H2,(H,21,26). The molecule has 7 heteroatoms. The van der Waals surface area contributed by atoms with E-state index < -0.39 is 0 Å². The molecule has 2 aromatic rings. The number of nitrogens with zero attached hydrogens (tertiary/aromatic N) is 3. The number of piperidine rings is 1. The summed E-state index contributed by atoms with van der Waals surface area (Å²) in [5.74, 6) is 0.282. The van der Waals surface area contributed by atoms with Crippen LogP contribution >= 0.6 is 11.6 Å². The van der Waals surface area contributed by atoms with Crippen LogP contribution in [-0.2, 0) is 6.54 Å². The van der Waals surface area contributed by atoms with Crippen LogP contribution in [0.5, 0.6) is 0 Å². The van der Waals surface area contributed by atoms with E-state index >= 15 is 0 Å². The molecule has 2 heterocycles. The Bertz CT molecular complexity index is 713. The van der Waals surface area contributed by atoms with Gasteiger partial charge < -0.3 is 10.4 Å². The van der Waals surface area contributed by atoms with E-state index in [2.05, 4.69) is 20.4 Å². The van der Waals surface area contributed by atoms with Gasteiger partial charge >= 0.3 is 0 Å². The Kier molecular flexibility index (Phi) is 6.55. The Hall–Kier alpha value is -2.02. The highest BCUT2D eigenvalue weighted by atomic mass is 35.5. The number of carbonyl (C=O) groups is 1. The van der Waals surface area contributed by atoms with Crippen molar-refractivity contribution in [3.05, 3.63) is 58.4 Å². The van der Waals surface area contributed by atoms with Gasteiger partial charge in [0.05, 0.1) is 12.3 Å². The van der Waals surface area contributed by atoms with Crippen molar-refractivity contribution in [2.75, 3.05) is 26.2 Å². The van der Waals surface area contributed by atoms with Gasteiger partial charge in [-0.3, -0.25) is 9.69 Å². The minimum Gasteiger partial charge on any atom is -0.395 e. The molecule has 0 bridgehead atoms. The number of rotatable bonds is 6. The number of nitrogens with one attached hydrogen (secondary N) is 1. The second kappa shape index (κ2) is 9.07. The summed E-state index contributed by atoms with van der Waals surface area (Å²) in [5, 5.41) is 20.0. The van der Waals surface area contributed by atoms with Crippen LogP contribution in [0.2, 0.25) is 5.15 Å². The summed E-state index contributed by atoms with van der Waals surface area (Å²) < 4.78 is 0. The first-order valence-electron chi connectivity index (χ1n) is 8.85. The number of aliphatic hydroxyl groups is 1. The molecule has 138 valence electrons. The van der Waals surface area contributed by atoms with Gasteiger partial charge in [-0.05, 0) is 55.8 Å². The van der Waals surface area contributed by atoms with Crippen LogP contribution in [0.15, 0.2) is 36.4 Å². The lowest BCUT2D eigenvalue weighted by molar-refractivity contribution is 0.0944. The van der Waals surface area contributed by atoms with Crippen LogP contribution in [0.4, 0.5) is 0 Å². The summed E-state index contributed by atoms with van der Waals surface area (Å²) in [4.78, 5) is 14.3. The van der Waals surface area contributed by atoms with Crippen LogP contribution < -0.4 is 5.32 Å². The van der Waals surface area contributed by atoms with Crippen LogP contribution in [0.3, 0.4) is 0 Å². The maximum atomic E-state index is 11.8. The molecule has 3 rings (SSSR count). The summed E-state index contributed by atoms with van der Waals surface area (Å²) in [6.45, 7) is 3.11. The first kappa shape index (κ1) is 18.8. The first-order valence-corrected chi connectivity index (χ1v) is 9.23. The highest BCUT2D eigenvalue weighted by molar-refractivity contribution is 6.29. The monoisotopic (exact) mass is 374 g/mol. The average Bonchev–Trinajstić information content (AvgIpc) is 2.68. The summed E-state index contributed by atoms with van der Waals surface area (Å²) in [6, 6.07) is 11.4. The molecule has 0 radical (unpaired) electrons. The van der Waals surface area contributed by atoms with Gasteiger partial charge in [0.2, 0.25) is 0 Å². The molecule has 0 saturated carbocycles. The molecule has 6 nitrogen and oxygen atoms in total. The zero-order valence-corrected chi connectivity index (χ0v) is 15.3. The fourth-order valence-electron chi connectivity index (χ4n) is 3.22. The molecule has 1 aliphatic rings. The van der Waals surface area contributed by atoms with Gasteiger partial charge in [-0.25, -0.2) is 0 Å². The number of aromatic nitrogens is 2. The largest absolute Gasteiger partial charge is 0.395 e. The Morgan fingerprint density at radius 1 is 1.15 bits per heavy atom. The molecule has 26 heavy (non-hydrogen) atoms. The number of hydrogen-bond donors (Lipinski definition) is 2. The predicted molar refractivity (Wildman–Crippen MR) is 100 cm³/mol. The van der Waals surface area contributed by atoms with Gasteiger partial charge in [0.15, 0.2) is 5.15 Å². The fraction of sp³-hybridized carbons (Fsp3) is 0.421. The smallest absolute Gasteiger partial charge is 0.251 e. The summed E-state index contributed by atoms with van der Waals surface area (Å²) >= 11 is 5.80. The van der Waals surface area contributed by atoms with Crippen molar-refractivity contribution in [3.63, 3.8) is 0 Å². The quantitative estimate of drug-likeness (QED) is 0.810. The lowest BCUT2D eigenvalue weighted by atomic mass is 9.93. The lowest BCUT2D eigenvalue weighted by Gasteiger charge is -2.31. The maximum absolute atomic E-state index is 11.8. The molecule has 1 aliphatic heterocycles. The molecular formula is C19H23ClN4O2. The molecule has 1 saturated heterocycles. The number of carbonyl (C=O) groups excluding carboxylic acids is 1. The Labute approximate surface area is 158 Å². The van der Waals surface area contributed by atoms with Crippen LogP contribution in [0.1, 0.15) is 40.4 Å². The third-order valence-electron chi connectivity index (χ3n) is 4.68. The van der Waals surface area contributed by atoms with Gasteiger partial charge in [0.1, 0.15) is 0 Å². The van der Waals surface area contributed by atoms with E-state index in [4.69, 9.17) is 16.7 Å². The van der Waals surface area contributed by atoms with Crippen molar-refractivity contribution in [2.45, 2.75) is 25.3 Å². The molecule has 1 aromatic heterocycles. The number of amides is 1. The maximum Gasteiger partial charge on any atom is 0.251 e. The molecule has 0 aliphatic carbocycles. The van der Waals surface area contributed by atoms with Crippen molar-refractivity contribution in [1.82, 2.24) is 20.4 Å². The third kappa shape index (κ3) is 5.00. The number of likely N-dealkylation sites (tertiary alicyclic amines) is 1. The van der Waals surface area contributed by atoms with E-state index in [0.717, 1.165) is 38.2 Å². The molecule has 0 unspecified atom stereocenters. The summed E-state index contributed by atoms with van der Waals surface area (Å²) in [6.07, 6.45) is 2.11.